The molecule has 2 aromatic heterocycles. The Labute approximate surface area is 143 Å². The van der Waals surface area contributed by atoms with Crippen molar-refractivity contribution in [1.82, 2.24) is 14.9 Å². The second-order valence-corrected chi connectivity index (χ2v) is 7.01. The summed E-state index contributed by atoms with van der Waals surface area (Å²) in [5.41, 5.74) is 3.31. The van der Waals surface area contributed by atoms with E-state index >= 15 is 0 Å². The molecule has 2 fully saturated rings. The second-order valence-electron chi connectivity index (χ2n) is 7.01. The first-order valence-electron chi connectivity index (χ1n) is 8.66. The molecule has 126 valence electrons. The summed E-state index contributed by atoms with van der Waals surface area (Å²) >= 11 is 0. The van der Waals surface area contributed by atoms with Crippen LogP contribution in [-0.2, 0) is 11.3 Å². The topological polar surface area (TPSA) is 50.3 Å². The minimum Gasteiger partial charge on any atom is -0.379 e. The van der Waals surface area contributed by atoms with Gasteiger partial charge in [0.2, 0.25) is 0 Å². The summed E-state index contributed by atoms with van der Waals surface area (Å²) in [7, 11) is 0. The van der Waals surface area contributed by atoms with E-state index in [9.17, 15) is 0 Å². The third-order valence-corrected chi connectivity index (χ3v) is 4.97. The van der Waals surface area contributed by atoms with E-state index in [0.717, 1.165) is 56.2 Å². The third kappa shape index (κ3) is 3.42. The predicted molar refractivity (Wildman–Crippen MR) is 93.8 cm³/mol. The molecule has 0 saturated carbocycles. The van der Waals surface area contributed by atoms with Crippen molar-refractivity contribution in [1.29, 1.82) is 0 Å². The van der Waals surface area contributed by atoms with E-state index in [2.05, 4.69) is 38.4 Å². The quantitative estimate of drug-likeness (QED) is 0.937. The molecule has 0 bridgehead atoms. The lowest BCUT2D eigenvalue weighted by atomic mass is 9.97. The van der Waals surface area contributed by atoms with Gasteiger partial charge in [-0.25, -0.2) is 0 Å². The summed E-state index contributed by atoms with van der Waals surface area (Å²) in [6.07, 6.45) is 5.82. The highest BCUT2D eigenvalue weighted by molar-refractivity contribution is 5.41. The minimum atomic E-state index is 0.00367. The van der Waals surface area contributed by atoms with Gasteiger partial charge < -0.3 is 10.1 Å². The number of aromatic nitrogens is 2. The molecular weight excluding hydrogens is 300 g/mol. The maximum atomic E-state index is 6.23. The Kier molecular flexibility index (Phi) is 4.21. The first kappa shape index (κ1) is 15.5. The number of pyridine rings is 2. The fraction of sp³-hybridized carbons (Fsp3) is 0.474. The van der Waals surface area contributed by atoms with Gasteiger partial charge in [-0.1, -0.05) is 6.07 Å². The van der Waals surface area contributed by atoms with E-state index in [0.29, 0.717) is 6.04 Å². The summed E-state index contributed by atoms with van der Waals surface area (Å²) in [4.78, 5) is 11.3. The lowest BCUT2D eigenvalue weighted by molar-refractivity contribution is 0.0119. The molecule has 0 aliphatic carbocycles. The Morgan fingerprint density at radius 2 is 2.29 bits per heavy atom. The van der Waals surface area contributed by atoms with E-state index in [4.69, 9.17) is 4.74 Å². The van der Waals surface area contributed by atoms with E-state index in [-0.39, 0.29) is 5.60 Å². The van der Waals surface area contributed by atoms with Gasteiger partial charge in [0.1, 0.15) is 0 Å². The van der Waals surface area contributed by atoms with Gasteiger partial charge in [0.25, 0.3) is 0 Å². The van der Waals surface area contributed by atoms with Crippen molar-refractivity contribution in [2.24, 2.45) is 0 Å². The maximum absolute atomic E-state index is 6.23. The zero-order chi connectivity index (χ0) is 16.4. The molecule has 4 heterocycles. The first-order valence-corrected chi connectivity index (χ1v) is 8.66. The number of likely N-dealkylation sites (tertiary alicyclic amines) is 1. The fourth-order valence-corrected chi connectivity index (χ4v) is 3.88. The summed E-state index contributed by atoms with van der Waals surface area (Å²) in [5, 5.41) is 3.55. The molecule has 2 saturated heterocycles. The molecule has 4 rings (SSSR count). The van der Waals surface area contributed by atoms with Crippen LogP contribution in [0.25, 0.3) is 0 Å². The Balaban J connectivity index is 1.34. The second kappa shape index (κ2) is 6.49. The Morgan fingerprint density at radius 1 is 1.33 bits per heavy atom. The zero-order valence-electron chi connectivity index (χ0n) is 14.1. The smallest absolute Gasteiger partial charge is 0.0842 e. The molecular formula is C19H24N4O. The van der Waals surface area contributed by atoms with Crippen LogP contribution in [0.5, 0.6) is 0 Å². The fourth-order valence-electron chi connectivity index (χ4n) is 3.88. The number of rotatable bonds is 4. The van der Waals surface area contributed by atoms with Crippen molar-refractivity contribution >= 4 is 5.69 Å². The molecule has 2 atom stereocenters. The van der Waals surface area contributed by atoms with Crippen LogP contribution in [0.1, 0.15) is 24.2 Å². The highest BCUT2D eigenvalue weighted by atomic mass is 16.5. The number of ether oxygens (including phenoxy) is 1. The molecule has 2 aliphatic rings. The van der Waals surface area contributed by atoms with Crippen molar-refractivity contribution in [2.45, 2.75) is 38.0 Å². The van der Waals surface area contributed by atoms with E-state index in [1.54, 1.807) is 6.20 Å². The van der Waals surface area contributed by atoms with Crippen LogP contribution in [0.4, 0.5) is 5.69 Å². The molecule has 2 aliphatic heterocycles. The molecule has 0 unspecified atom stereocenters. The van der Waals surface area contributed by atoms with Gasteiger partial charge in [-0.3, -0.25) is 14.9 Å². The molecule has 1 N–H and O–H groups in total. The van der Waals surface area contributed by atoms with Gasteiger partial charge in [0.05, 0.1) is 29.6 Å². The number of nitrogens with one attached hydrogen (secondary N) is 1. The first-order chi connectivity index (χ1) is 11.7. The summed E-state index contributed by atoms with van der Waals surface area (Å²) in [6, 6.07) is 10.6. The summed E-state index contributed by atoms with van der Waals surface area (Å²) < 4.78 is 6.23. The van der Waals surface area contributed by atoms with Gasteiger partial charge in [-0.05, 0) is 37.6 Å². The van der Waals surface area contributed by atoms with Crippen LogP contribution in [0, 0.1) is 6.92 Å². The van der Waals surface area contributed by atoms with Crippen LogP contribution in [0.3, 0.4) is 0 Å². The van der Waals surface area contributed by atoms with Crippen LogP contribution in [-0.4, -0.2) is 46.2 Å². The average molecular weight is 324 g/mol. The number of hydrogen-bond acceptors (Lipinski definition) is 5. The Bertz CT molecular complexity index is 693. The predicted octanol–water partition coefficient (Wildman–Crippen LogP) is 2.63. The number of anilines is 1. The van der Waals surface area contributed by atoms with Gasteiger partial charge in [-0.15, -0.1) is 0 Å². The minimum absolute atomic E-state index is 0.00367. The van der Waals surface area contributed by atoms with Crippen molar-refractivity contribution in [2.75, 3.05) is 25.0 Å². The summed E-state index contributed by atoms with van der Waals surface area (Å²) in [6.45, 7) is 5.80. The van der Waals surface area contributed by atoms with Crippen LogP contribution < -0.4 is 5.32 Å². The Hall–Kier alpha value is -1.98. The highest BCUT2D eigenvalue weighted by Crippen LogP contribution is 2.36. The van der Waals surface area contributed by atoms with Crippen LogP contribution in [0.2, 0.25) is 0 Å². The van der Waals surface area contributed by atoms with Crippen molar-refractivity contribution in [3.8, 4) is 0 Å². The number of hydrogen-bond donors (Lipinski definition) is 1. The van der Waals surface area contributed by atoms with E-state index in [1.165, 1.54) is 0 Å². The average Bonchev–Trinajstić information content (AvgIpc) is 3.15. The molecule has 0 amide bonds. The molecule has 5 heteroatoms. The van der Waals surface area contributed by atoms with Crippen molar-refractivity contribution in [3.05, 3.63) is 54.1 Å². The molecule has 2 aromatic rings. The molecule has 1 spiro atoms. The Morgan fingerprint density at radius 3 is 3.12 bits per heavy atom. The number of nitrogens with zero attached hydrogens (tertiary/aromatic N) is 3. The lowest BCUT2D eigenvalue weighted by Gasteiger charge is -2.23. The van der Waals surface area contributed by atoms with Gasteiger partial charge in [0, 0.05) is 44.1 Å². The monoisotopic (exact) mass is 324 g/mol. The normalized spacial score (nSPS) is 27.0. The highest BCUT2D eigenvalue weighted by Gasteiger charge is 2.45. The SMILES string of the molecule is Cc1cccc(CN2CC[C@]3(C[C@@H](Nc4cccnc4)CO3)C2)n1. The molecule has 24 heavy (non-hydrogen) atoms. The molecule has 0 radical (unpaired) electrons. The largest absolute Gasteiger partial charge is 0.379 e. The molecule has 0 aromatic carbocycles. The zero-order valence-corrected chi connectivity index (χ0v) is 14.1. The number of aryl methyl sites for hydroxylation is 1. The maximum Gasteiger partial charge on any atom is 0.0842 e. The van der Waals surface area contributed by atoms with Crippen molar-refractivity contribution < 1.29 is 4.74 Å². The summed E-state index contributed by atoms with van der Waals surface area (Å²) in [5.74, 6) is 0. The van der Waals surface area contributed by atoms with E-state index < -0.39 is 0 Å². The van der Waals surface area contributed by atoms with Gasteiger partial charge in [-0.2, -0.15) is 0 Å². The van der Waals surface area contributed by atoms with Crippen LogP contribution in [0.15, 0.2) is 42.7 Å². The van der Waals surface area contributed by atoms with Gasteiger partial charge >= 0.3 is 0 Å². The third-order valence-electron chi connectivity index (χ3n) is 4.97. The molecule has 5 nitrogen and oxygen atoms in total. The van der Waals surface area contributed by atoms with Crippen molar-refractivity contribution in [3.63, 3.8) is 0 Å². The standard InChI is InChI=1S/C19H24N4O/c1-15-4-2-5-17(21-15)12-23-9-7-19(14-23)10-18(13-24-19)22-16-6-3-8-20-11-16/h2-6,8,11,18,22H,7,9-10,12-14H2,1H3/t18-,19+/m1/s1. The van der Waals surface area contributed by atoms with Gasteiger partial charge in [0.15, 0.2) is 0 Å². The van der Waals surface area contributed by atoms with E-state index in [1.807, 2.05) is 25.3 Å². The van der Waals surface area contributed by atoms with Crippen LogP contribution >= 0.6 is 0 Å². The lowest BCUT2D eigenvalue weighted by Crippen LogP contribution is -2.33.